The molecule has 0 aliphatic rings. The van der Waals surface area contributed by atoms with Gasteiger partial charge in [0.15, 0.2) is 0 Å². The Bertz CT molecular complexity index is 1540. The summed E-state index contributed by atoms with van der Waals surface area (Å²) >= 11 is 0. The number of aromatic nitrogens is 3. The molecule has 0 saturated carbocycles. The molecule has 39 heavy (non-hydrogen) atoms. The van der Waals surface area contributed by atoms with Crippen molar-refractivity contribution in [2.45, 2.75) is 45.5 Å². The number of nitrogens with zero attached hydrogens (tertiary/aromatic N) is 3. The maximum absolute atomic E-state index is 6.60. The third-order valence-electron chi connectivity index (χ3n) is 7.34. The van der Waals surface area contributed by atoms with Crippen molar-refractivity contribution in [1.82, 2.24) is 14.8 Å². The van der Waals surface area contributed by atoms with Crippen LogP contribution in [-0.2, 0) is 6.61 Å². The van der Waals surface area contributed by atoms with Gasteiger partial charge in [0.2, 0.25) is 14.2 Å². The van der Waals surface area contributed by atoms with Gasteiger partial charge in [0.05, 0.1) is 23.1 Å². The zero-order valence-corrected chi connectivity index (χ0v) is 24.3. The second-order valence-corrected chi connectivity index (χ2v) is 15.9. The van der Waals surface area contributed by atoms with E-state index >= 15 is 0 Å². The molecule has 5 nitrogen and oxygen atoms in total. The van der Waals surface area contributed by atoms with Crippen molar-refractivity contribution in [3.63, 3.8) is 0 Å². The van der Waals surface area contributed by atoms with Crippen molar-refractivity contribution >= 4 is 8.32 Å². The van der Waals surface area contributed by atoms with Crippen LogP contribution in [0.1, 0.15) is 26.3 Å². The Hall–Kier alpha value is -4.16. The summed E-state index contributed by atoms with van der Waals surface area (Å²) < 4.78 is 14.8. The SMILES string of the molecule is CC(C)(C)[Si](C)(C)Oc1cccc(-c2cnc(OCc3ccccc3)c(-c3ccnn3-c3ccccc3)c2)c1. The van der Waals surface area contributed by atoms with Crippen molar-refractivity contribution in [1.29, 1.82) is 0 Å². The van der Waals surface area contributed by atoms with Gasteiger partial charge in [0, 0.05) is 11.8 Å². The van der Waals surface area contributed by atoms with Crippen LogP contribution in [0.15, 0.2) is 109 Å². The van der Waals surface area contributed by atoms with E-state index in [1.807, 2.05) is 83.8 Å². The average Bonchev–Trinajstić information content (AvgIpc) is 3.42. The molecule has 0 bridgehead atoms. The predicted octanol–water partition coefficient (Wildman–Crippen LogP) is 8.56. The monoisotopic (exact) mass is 533 g/mol. The highest BCUT2D eigenvalue weighted by atomic mass is 28.4. The number of benzene rings is 3. The fourth-order valence-electron chi connectivity index (χ4n) is 4.10. The Morgan fingerprint density at radius 1 is 0.795 bits per heavy atom. The molecular formula is C33H35N3O2Si. The van der Waals surface area contributed by atoms with Crippen LogP contribution in [0.4, 0.5) is 0 Å². The Balaban J connectivity index is 1.55. The van der Waals surface area contributed by atoms with E-state index in [9.17, 15) is 0 Å². The first-order valence-electron chi connectivity index (χ1n) is 13.3. The Labute approximate surface area is 232 Å². The van der Waals surface area contributed by atoms with E-state index in [1.165, 1.54) is 0 Å². The summed E-state index contributed by atoms with van der Waals surface area (Å²) in [5, 5.41) is 4.74. The second-order valence-electron chi connectivity index (χ2n) is 11.2. The maximum atomic E-state index is 6.60. The lowest BCUT2D eigenvalue weighted by Gasteiger charge is -2.36. The number of ether oxygens (including phenoxy) is 1. The topological polar surface area (TPSA) is 49.2 Å². The molecule has 0 fully saturated rings. The molecule has 2 aromatic heterocycles. The van der Waals surface area contributed by atoms with Gasteiger partial charge in [0.25, 0.3) is 0 Å². The highest BCUT2D eigenvalue weighted by Gasteiger charge is 2.39. The molecule has 0 amide bonds. The fourth-order valence-corrected chi connectivity index (χ4v) is 5.13. The van der Waals surface area contributed by atoms with Crippen LogP contribution in [0.2, 0.25) is 18.1 Å². The van der Waals surface area contributed by atoms with Crippen LogP contribution in [0.5, 0.6) is 11.6 Å². The van der Waals surface area contributed by atoms with E-state index in [0.29, 0.717) is 12.5 Å². The first-order valence-corrected chi connectivity index (χ1v) is 16.2. The third-order valence-corrected chi connectivity index (χ3v) is 11.7. The van der Waals surface area contributed by atoms with Gasteiger partial charge < -0.3 is 9.16 Å². The first kappa shape index (κ1) is 26.4. The number of hydrogen-bond acceptors (Lipinski definition) is 4. The number of hydrogen-bond donors (Lipinski definition) is 0. The van der Waals surface area contributed by atoms with E-state index in [2.05, 4.69) is 69.3 Å². The molecule has 0 unspecified atom stereocenters. The van der Waals surface area contributed by atoms with Crippen LogP contribution in [0.3, 0.4) is 0 Å². The van der Waals surface area contributed by atoms with E-state index in [0.717, 1.165) is 39.4 Å². The molecule has 0 aliphatic heterocycles. The zero-order valence-electron chi connectivity index (χ0n) is 23.3. The van der Waals surface area contributed by atoms with Gasteiger partial charge in [-0.15, -0.1) is 0 Å². The van der Waals surface area contributed by atoms with E-state index in [1.54, 1.807) is 0 Å². The average molecular weight is 534 g/mol. The fraction of sp³-hybridized carbons (Fsp3) is 0.212. The molecule has 5 rings (SSSR count). The molecular weight excluding hydrogens is 498 g/mol. The molecule has 0 radical (unpaired) electrons. The van der Waals surface area contributed by atoms with Gasteiger partial charge in [-0.2, -0.15) is 5.10 Å². The molecule has 3 aromatic carbocycles. The molecule has 198 valence electrons. The van der Waals surface area contributed by atoms with Crippen LogP contribution in [0.25, 0.3) is 28.1 Å². The summed E-state index contributed by atoms with van der Waals surface area (Å²) in [6.45, 7) is 11.7. The lowest BCUT2D eigenvalue weighted by Crippen LogP contribution is -2.43. The first-order chi connectivity index (χ1) is 18.7. The molecule has 0 spiro atoms. The summed E-state index contributed by atoms with van der Waals surface area (Å²) in [5.74, 6) is 1.45. The standard InChI is InChI=1S/C33H35N3O2Si/c1-33(2,3)39(4,5)38-29-18-12-15-26(21-29)27-22-30(31-19-20-35-36(31)28-16-10-7-11-17-28)32(34-23-27)37-24-25-13-8-6-9-14-25/h6-23H,24H2,1-5H3. The summed E-state index contributed by atoms with van der Waals surface area (Å²) in [7, 11) is -1.97. The van der Waals surface area contributed by atoms with E-state index in [-0.39, 0.29) is 5.04 Å². The van der Waals surface area contributed by atoms with Gasteiger partial charge in [-0.25, -0.2) is 9.67 Å². The predicted molar refractivity (Wildman–Crippen MR) is 161 cm³/mol. The molecule has 0 atom stereocenters. The number of rotatable bonds is 8. The molecule has 0 saturated heterocycles. The lowest BCUT2D eigenvalue weighted by atomic mass is 10.0. The summed E-state index contributed by atoms with van der Waals surface area (Å²) in [6.07, 6.45) is 3.68. The van der Waals surface area contributed by atoms with Gasteiger partial charge in [-0.05, 0) is 65.7 Å². The second kappa shape index (κ2) is 10.9. The number of para-hydroxylation sites is 1. The van der Waals surface area contributed by atoms with E-state index < -0.39 is 8.32 Å². The van der Waals surface area contributed by atoms with Gasteiger partial charge in [-0.1, -0.05) is 81.4 Å². The highest BCUT2D eigenvalue weighted by molar-refractivity contribution is 6.74. The minimum Gasteiger partial charge on any atom is -0.543 e. The Kier molecular flexibility index (Phi) is 7.40. The summed E-state index contributed by atoms with van der Waals surface area (Å²) in [4.78, 5) is 4.81. The lowest BCUT2D eigenvalue weighted by molar-refractivity contribution is 0.295. The normalized spacial score (nSPS) is 11.8. The van der Waals surface area contributed by atoms with Crippen LogP contribution < -0.4 is 9.16 Å². The minimum atomic E-state index is -1.97. The van der Waals surface area contributed by atoms with Crippen molar-refractivity contribution in [3.8, 4) is 39.7 Å². The highest BCUT2D eigenvalue weighted by Crippen LogP contribution is 2.39. The van der Waals surface area contributed by atoms with Gasteiger partial charge in [-0.3, -0.25) is 0 Å². The van der Waals surface area contributed by atoms with Crippen molar-refractivity contribution in [2.24, 2.45) is 0 Å². The summed E-state index contributed by atoms with van der Waals surface area (Å²) in [6, 6.07) is 32.7. The smallest absolute Gasteiger partial charge is 0.250 e. The Morgan fingerprint density at radius 2 is 1.51 bits per heavy atom. The molecule has 5 aromatic rings. The van der Waals surface area contributed by atoms with Crippen molar-refractivity contribution in [2.75, 3.05) is 0 Å². The zero-order chi connectivity index (χ0) is 27.5. The van der Waals surface area contributed by atoms with Crippen molar-refractivity contribution in [3.05, 3.63) is 115 Å². The summed E-state index contributed by atoms with van der Waals surface area (Å²) in [5.41, 5.74) is 5.87. The maximum Gasteiger partial charge on any atom is 0.250 e. The molecule has 6 heteroatoms. The quantitative estimate of drug-likeness (QED) is 0.187. The van der Waals surface area contributed by atoms with Gasteiger partial charge >= 0.3 is 0 Å². The Morgan fingerprint density at radius 3 is 2.23 bits per heavy atom. The van der Waals surface area contributed by atoms with Gasteiger partial charge in [0.1, 0.15) is 12.4 Å². The van der Waals surface area contributed by atoms with Crippen LogP contribution in [-0.4, -0.2) is 23.1 Å². The van der Waals surface area contributed by atoms with Crippen LogP contribution in [0, 0.1) is 0 Å². The largest absolute Gasteiger partial charge is 0.543 e. The van der Waals surface area contributed by atoms with E-state index in [4.69, 9.17) is 14.1 Å². The molecule has 0 N–H and O–H groups in total. The number of pyridine rings is 1. The van der Waals surface area contributed by atoms with Crippen molar-refractivity contribution < 1.29 is 9.16 Å². The minimum absolute atomic E-state index is 0.116. The third kappa shape index (κ3) is 5.96. The van der Waals surface area contributed by atoms with Crippen LogP contribution >= 0.6 is 0 Å². The molecule has 2 heterocycles. The molecule has 0 aliphatic carbocycles.